The summed E-state index contributed by atoms with van der Waals surface area (Å²) in [6.45, 7) is 10.6. The van der Waals surface area contributed by atoms with Crippen molar-refractivity contribution in [1.29, 1.82) is 0 Å². The zero-order valence-corrected chi connectivity index (χ0v) is 12.4. The lowest BCUT2D eigenvalue weighted by molar-refractivity contribution is 0.300. The average molecular weight is 261 g/mol. The van der Waals surface area contributed by atoms with Crippen LogP contribution in [0.4, 0.5) is 0 Å². The van der Waals surface area contributed by atoms with Crippen LogP contribution in [0.1, 0.15) is 43.7 Å². The molecule has 1 rings (SSSR count). The van der Waals surface area contributed by atoms with Crippen molar-refractivity contribution in [3.8, 4) is 5.75 Å². The van der Waals surface area contributed by atoms with Gasteiger partial charge in [-0.15, -0.1) is 6.58 Å². The SMILES string of the molecule is C=CCCCCCOc1c(C)cccc1CNCC. The van der Waals surface area contributed by atoms with Crippen molar-refractivity contribution >= 4 is 0 Å². The van der Waals surface area contributed by atoms with Gasteiger partial charge in [0.15, 0.2) is 0 Å². The molecule has 1 aromatic carbocycles. The van der Waals surface area contributed by atoms with E-state index in [0.717, 1.165) is 38.3 Å². The summed E-state index contributed by atoms with van der Waals surface area (Å²) in [5.74, 6) is 1.06. The maximum absolute atomic E-state index is 5.98. The predicted octanol–water partition coefficient (Wildman–Crippen LogP) is 4.23. The fourth-order valence-electron chi connectivity index (χ4n) is 2.06. The van der Waals surface area contributed by atoms with Gasteiger partial charge in [-0.1, -0.05) is 31.2 Å². The highest BCUT2D eigenvalue weighted by Gasteiger charge is 2.06. The Balaban J connectivity index is 2.44. The Labute approximate surface area is 117 Å². The molecule has 1 aromatic rings. The van der Waals surface area contributed by atoms with Crippen molar-refractivity contribution in [1.82, 2.24) is 5.32 Å². The first-order valence-corrected chi connectivity index (χ1v) is 7.32. The first kappa shape index (κ1) is 15.8. The molecule has 0 atom stereocenters. The molecule has 0 heterocycles. The molecule has 0 saturated heterocycles. The molecule has 19 heavy (non-hydrogen) atoms. The molecule has 0 saturated carbocycles. The normalized spacial score (nSPS) is 10.4. The molecule has 0 aliphatic rings. The summed E-state index contributed by atoms with van der Waals surface area (Å²) in [6.07, 6.45) is 6.63. The van der Waals surface area contributed by atoms with Gasteiger partial charge in [0.1, 0.15) is 5.75 Å². The first-order valence-electron chi connectivity index (χ1n) is 7.32. The van der Waals surface area contributed by atoms with Gasteiger partial charge in [0, 0.05) is 12.1 Å². The second-order valence-electron chi connectivity index (χ2n) is 4.83. The van der Waals surface area contributed by atoms with E-state index in [9.17, 15) is 0 Å². The molecule has 2 nitrogen and oxygen atoms in total. The largest absolute Gasteiger partial charge is 0.493 e. The number of unbranched alkanes of at least 4 members (excludes halogenated alkanes) is 3. The zero-order chi connectivity index (χ0) is 13.9. The van der Waals surface area contributed by atoms with E-state index in [1.165, 1.54) is 24.0 Å². The minimum Gasteiger partial charge on any atom is -0.493 e. The number of aryl methyl sites for hydroxylation is 1. The quantitative estimate of drug-likeness (QED) is 0.503. The monoisotopic (exact) mass is 261 g/mol. The van der Waals surface area contributed by atoms with Crippen LogP contribution in [0.3, 0.4) is 0 Å². The van der Waals surface area contributed by atoms with Crippen LogP contribution in [-0.4, -0.2) is 13.2 Å². The highest BCUT2D eigenvalue weighted by molar-refractivity contribution is 5.40. The number of hydrogen-bond acceptors (Lipinski definition) is 2. The number of ether oxygens (including phenoxy) is 1. The van der Waals surface area contributed by atoms with Gasteiger partial charge in [-0.3, -0.25) is 0 Å². The summed E-state index contributed by atoms with van der Waals surface area (Å²) in [5, 5.41) is 3.36. The average Bonchev–Trinajstić information content (AvgIpc) is 2.42. The van der Waals surface area contributed by atoms with E-state index in [4.69, 9.17) is 4.74 Å². The summed E-state index contributed by atoms with van der Waals surface area (Å²) < 4.78 is 5.98. The maximum Gasteiger partial charge on any atom is 0.126 e. The van der Waals surface area contributed by atoms with E-state index in [2.05, 4.69) is 43.9 Å². The van der Waals surface area contributed by atoms with Gasteiger partial charge in [-0.05, 0) is 44.7 Å². The van der Waals surface area contributed by atoms with E-state index >= 15 is 0 Å². The first-order chi connectivity index (χ1) is 9.29. The minimum absolute atomic E-state index is 0.807. The van der Waals surface area contributed by atoms with Crippen LogP contribution in [0, 0.1) is 6.92 Å². The standard InChI is InChI=1S/C17H27NO/c1-4-6-7-8-9-13-19-17-15(3)11-10-12-16(17)14-18-5-2/h4,10-12,18H,1,5-9,13-14H2,2-3H3. The molecule has 0 unspecified atom stereocenters. The molecule has 0 fully saturated rings. The fourth-order valence-corrected chi connectivity index (χ4v) is 2.06. The molecule has 0 spiro atoms. The molecular weight excluding hydrogens is 234 g/mol. The molecule has 106 valence electrons. The summed E-state index contributed by atoms with van der Waals surface area (Å²) in [5.41, 5.74) is 2.48. The molecule has 0 aliphatic heterocycles. The molecule has 0 bridgehead atoms. The number of allylic oxidation sites excluding steroid dienone is 1. The smallest absolute Gasteiger partial charge is 0.126 e. The predicted molar refractivity (Wildman–Crippen MR) is 82.7 cm³/mol. The van der Waals surface area contributed by atoms with Crippen molar-refractivity contribution in [2.45, 2.75) is 46.1 Å². The zero-order valence-electron chi connectivity index (χ0n) is 12.4. The van der Waals surface area contributed by atoms with Gasteiger partial charge in [-0.25, -0.2) is 0 Å². The Hall–Kier alpha value is -1.28. The summed E-state index contributed by atoms with van der Waals surface area (Å²) in [4.78, 5) is 0. The second kappa shape index (κ2) is 9.62. The van der Waals surface area contributed by atoms with Gasteiger partial charge in [0.05, 0.1) is 6.61 Å². The molecular formula is C17H27NO. The second-order valence-corrected chi connectivity index (χ2v) is 4.83. The van der Waals surface area contributed by atoms with Gasteiger partial charge in [0.2, 0.25) is 0 Å². The highest BCUT2D eigenvalue weighted by Crippen LogP contribution is 2.23. The molecule has 0 radical (unpaired) electrons. The summed E-state index contributed by atoms with van der Waals surface area (Å²) in [7, 11) is 0. The lowest BCUT2D eigenvalue weighted by Gasteiger charge is -2.14. The minimum atomic E-state index is 0.807. The van der Waals surface area contributed by atoms with E-state index in [-0.39, 0.29) is 0 Å². The van der Waals surface area contributed by atoms with Crippen LogP contribution < -0.4 is 10.1 Å². The van der Waals surface area contributed by atoms with Crippen LogP contribution in [0.2, 0.25) is 0 Å². The molecule has 0 amide bonds. The Morgan fingerprint density at radius 2 is 2.11 bits per heavy atom. The third-order valence-electron chi connectivity index (χ3n) is 3.16. The topological polar surface area (TPSA) is 21.3 Å². The fraction of sp³-hybridized carbons (Fsp3) is 0.529. The Bertz CT molecular complexity index is 374. The van der Waals surface area contributed by atoms with E-state index in [1.54, 1.807) is 0 Å². The van der Waals surface area contributed by atoms with Crippen LogP contribution >= 0.6 is 0 Å². The Morgan fingerprint density at radius 1 is 1.26 bits per heavy atom. The molecule has 1 N–H and O–H groups in total. The van der Waals surface area contributed by atoms with Gasteiger partial charge < -0.3 is 10.1 Å². The number of para-hydroxylation sites is 1. The lowest BCUT2D eigenvalue weighted by atomic mass is 10.1. The molecule has 0 aliphatic carbocycles. The molecule has 2 heteroatoms. The lowest BCUT2D eigenvalue weighted by Crippen LogP contribution is -2.13. The number of nitrogens with one attached hydrogen (secondary N) is 1. The maximum atomic E-state index is 5.98. The summed E-state index contributed by atoms with van der Waals surface area (Å²) >= 11 is 0. The van der Waals surface area contributed by atoms with Gasteiger partial charge >= 0.3 is 0 Å². The highest BCUT2D eigenvalue weighted by atomic mass is 16.5. The summed E-state index contributed by atoms with van der Waals surface area (Å²) in [6, 6.07) is 6.35. The van der Waals surface area contributed by atoms with Crippen molar-refractivity contribution in [3.63, 3.8) is 0 Å². The van der Waals surface area contributed by atoms with Crippen LogP contribution in [0.15, 0.2) is 30.9 Å². The van der Waals surface area contributed by atoms with Crippen molar-refractivity contribution in [3.05, 3.63) is 42.0 Å². The van der Waals surface area contributed by atoms with Crippen LogP contribution in [-0.2, 0) is 6.54 Å². The van der Waals surface area contributed by atoms with Crippen molar-refractivity contribution in [2.75, 3.05) is 13.2 Å². The molecule has 0 aromatic heterocycles. The number of rotatable bonds is 10. The van der Waals surface area contributed by atoms with Crippen molar-refractivity contribution < 1.29 is 4.74 Å². The number of hydrogen-bond donors (Lipinski definition) is 1. The van der Waals surface area contributed by atoms with Gasteiger partial charge in [0.25, 0.3) is 0 Å². The third-order valence-corrected chi connectivity index (χ3v) is 3.16. The third kappa shape index (κ3) is 5.93. The van der Waals surface area contributed by atoms with E-state index in [1.807, 2.05) is 6.08 Å². The van der Waals surface area contributed by atoms with Crippen LogP contribution in [0.5, 0.6) is 5.75 Å². The van der Waals surface area contributed by atoms with E-state index in [0.29, 0.717) is 0 Å². The van der Waals surface area contributed by atoms with Crippen LogP contribution in [0.25, 0.3) is 0 Å². The number of benzene rings is 1. The Morgan fingerprint density at radius 3 is 2.84 bits per heavy atom. The van der Waals surface area contributed by atoms with Gasteiger partial charge in [-0.2, -0.15) is 0 Å². The van der Waals surface area contributed by atoms with Crippen molar-refractivity contribution in [2.24, 2.45) is 0 Å². The Kier molecular flexibility index (Phi) is 7.99. The van der Waals surface area contributed by atoms with E-state index < -0.39 is 0 Å².